The molecule has 1 rings (SSSR count). The second kappa shape index (κ2) is 2.88. The summed E-state index contributed by atoms with van der Waals surface area (Å²) in [5.74, 6) is 0.103. The first-order valence-electron chi connectivity index (χ1n) is 3.13. The van der Waals surface area contributed by atoms with Crippen molar-refractivity contribution in [2.45, 2.75) is 6.92 Å². The topological polar surface area (TPSA) is 40.5 Å². The molecule has 0 saturated carbocycles. The van der Waals surface area contributed by atoms with Crippen molar-refractivity contribution in [1.29, 1.82) is 0 Å². The molecule has 0 aliphatic rings. The van der Waals surface area contributed by atoms with Crippen LogP contribution in [0.15, 0.2) is 12.1 Å². The van der Waals surface area contributed by atoms with E-state index in [9.17, 15) is 0 Å². The molecule has 0 radical (unpaired) electrons. The minimum absolute atomic E-state index is 0.0168. The molecule has 2 N–H and O–H groups in total. The highest BCUT2D eigenvalue weighted by Crippen LogP contribution is 2.25. The molecule has 0 bridgehead atoms. The average Bonchev–Trinajstić information content (AvgIpc) is 1.97. The van der Waals surface area contributed by atoms with Gasteiger partial charge in [-0.15, -0.1) is 0 Å². The molecule has 0 heterocycles. The first-order chi connectivity index (χ1) is 5.15. The van der Waals surface area contributed by atoms with Gasteiger partial charge in [0.2, 0.25) is 0 Å². The molecule has 0 atom stereocenters. The summed E-state index contributed by atoms with van der Waals surface area (Å²) in [7, 11) is 0. The van der Waals surface area contributed by atoms with Gasteiger partial charge in [0.1, 0.15) is 11.5 Å². The molecule has 1 aromatic carbocycles. The van der Waals surface area contributed by atoms with Gasteiger partial charge in [-0.2, -0.15) is 0 Å². The maximum Gasteiger partial charge on any atom is 0.127 e. The summed E-state index contributed by atoms with van der Waals surface area (Å²) in [4.78, 5) is 0. The number of hydrogen-bond acceptors (Lipinski definition) is 3. The van der Waals surface area contributed by atoms with E-state index >= 15 is 0 Å². The van der Waals surface area contributed by atoms with E-state index in [4.69, 9.17) is 10.2 Å². The Bertz CT molecular complexity index is 294. The normalized spacial score (nSPS) is 9.55. The van der Waals surface area contributed by atoms with Crippen molar-refractivity contribution in [1.82, 2.24) is 0 Å². The van der Waals surface area contributed by atoms with Crippen molar-refractivity contribution < 1.29 is 10.2 Å². The van der Waals surface area contributed by atoms with E-state index in [1.807, 2.05) is 0 Å². The highest BCUT2D eigenvalue weighted by Gasteiger charge is 2.01. The van der Waals surface area contributed by atoms with Gasteiger partial charge in [0.15, 0.2) is 0 Å². The number of benzene rings is 1. The number of phenolic OH excluding ortho intramolecular Hbond substituents is 2. The maximum absolute atomic E-state index is 9.16. The average molecular weight is 168 g/mol. The molecule has 2 nitrogen and oxygen atoms in total. The van der Waals surface area contributed by atoms with Crippen molar-refractivity contribution in [3.63, 3.8) is 0 Å². The van der Waals surface area contributed by atoms with Crippen LogP contribution in [0, 0.1) is 6.92 Å². The van der Waals surface area contributed by atoms with Gasteiger partial charge in [-0.25, -0.2) is 0 Å². The minimum atomic E-state index is 0.0168. The molecule has 0 aliphatic heterocycles. The molecule has 0 spiro atoms. The van der Waals surface area contributed by atoms with Gasteiger partial charge < -0.3 is 10.2 Å². The molecule has 0 amide bonds. The van der Waals surface area contributed by atoms with Crippen LogP contribution in [0.25, 0.3) is 0 Å². The lowest BCUT2D eigenvalue weighted by Gasteiger charge is -2.01. The second-order valence-corrected chi connectivity index (χ2v) is 2.55. The van der Waals surface area contributed by atoms with Crippen molar-refractivity contribution in [3.8, 4) is 11.5 Å². The molecule has 0 aliphatic carbocycles. The van der Waals surface area contributed by atoms with Crippen LogP contribution in [0.3, 0.4) is 0 Å². The van der Waals surface area contributed by atoms with Crippen molar-refractivity contribution >= 4 is 17.6 Å². The fourth-order valence-electron chi connectivity index (χ4n) is 0.802. The van der Waals surface area contributed by atoms with Crippen LogP contribution in [0.2, 0.25) is 0 Å². The Labute approximate surface area is 70.1 Å². The molecular formula is C8H8O2S. The van der Waals surface area contributed by atoms with Crippen LogP contribution in [-0.4, -0.2) is 15.6 Å². The number of aryl methyl sites for hydroxylation is 1. The van der Waals surface area contributed by atoms with Crippen LogP contribution in [0.4, 0.5) is 0 Å². The number of phenols is 2. The van der Waals surface area contributed by atoms with Gasteiger partial charge >= 0.3 is 0 Å². The molecule has 3 heteroatoms. The van der Waals surface area contributed by atoms with Crippen LogP contribution in [0.1, 0.15) is 11.1 Å². The Morgan fingerprint density at radius 2 is 1.91 bits per heavy atom. The summed E-state index contributed by atoms with van der Waals surface area (Å²) >= 11 is 4.64. The molecule has 11 heavy (non-hydrogen) atoms. The van der Waals surface area contributed by atoms with Crippen molar-refractivity contribution in [3.05, 3.63) is 23.3 Å². The molecule has 0 unspecified atom stereocenters. The zero-order valence-electron chi connectivity index (χ0n) is 6.03. The summed E-state index contributed by atoms with van der Waals surface area (Å²) in [5.41, 5.74) is 1.27. The minimum Gasteiger partial charge on any atom is -0.508 e. The first kappa shape index (κ1) is 8.01. The van der Waals surface area contributed by atoms with Crippen molar-refractivity contribution in [2.24, 2.45) is 0 Å². The van der Waals surface area contributed by atoms with E-state index in [0.717, 1.165) is 0 Å². The van der Waals surface area contributed by atoms with Crippen LogP contribution < -0.4 is 0 Å². The van der Waals surface area contributed by atoms with Crippen LogP contribution in [0.5, 0.6) is 11.5 Å². The predicted octanol–water partition coefficient (Wildman–Crippen LogP) is 1.75. The third-order valence-electron chi connectivity index (χ3n) is 1.47. The lowest BCUT2D eigenvalue weighted by atomic mass is 10.1. The van der Waals surface area contributed by atoms with Gasteiger partial charge in [-0.3, -0.25) is 0 Å². The molecule has 0 aromatic heterocycles. The first-order valence-corrected chi connectivity index (χ1v) is 3.60. The number of thiocarbonyl (C=S) groups is 1. The van der Waals surface area contributed by atoms with E-state index < -0.39 is 0 Å². The zero-order chi connectivity index (χ0) is 8.43. The lowest BCUT2D eigenvalue weighted by Crippen LogP contribution is -1.82. The summed E-state index contributed by atoms with van der Waals surface area (Å²) in [5, 5.41) is 19.6. The fraction of sp³-hybridized carbons (Fsp3) is 0.125. The second-order valence-electron chi connectivity index (χ2n) is 2.32. The standard InChI is InChI=1S/C8H8O2S/c1-5-2-6(4-11)8(10)3-7(5)9/h2-4,9-10H,1H3. The molecule has 0 fully saturated rings. The molecule has 0 saturated heterocycles. The summed E-state index contributed by atoms with van der Waals surface area (Å²) in [6.45, 7) is 1.75. The quantitative estimate of drug-likeness (QED) is 0.628. The Morgan fingerprint density at radius 1 is 1.27 bits per heavy atom. The number of aromatic hydroxyl groups is 2. The van der Waals surface area contributed by atoms with E-state index in [2.05, 4.69) is 12.2 Å². The summed E-state index contributed by atoms with van der Waals surface area (Å²) in [6.07, 6.45) is 0. The number of hydrogen-bond donors (Lipinski definition) is 2. The van der Waals surface area contributed by atoms with Crippen LogP contribution >= 0.6 is 12.2 Å². The lowest BCUT2D eigenvalue weighted by molar-refractivity contribution is 0.447. The van der Waals surface area contributed by atoms with Gasteiger partial charge in [0.05, 0.1) is 0 Å². The Kier molecular flexibility index (Phi) is 2.10. The maximum atomic E-state index is 9.16. The highest BCUT2D eigenvalue weighted by atomic mass is 32.1. The molecule has 1 aromatic rings. The molecule has 58 valence electrons. The summed E-state index contributed by atoms with van der Waals surface area (Å²) in [6, 6.07) is 2.92. The smallest absolute Gasteiger partial charge is 0.127 e. The molecular weight excluding hydrogens is 160 g/mol. The van der Waals surface area contributed by atoms with Gasteiger partial charge in [-0.1, -0.05) is 12.2 Å². The van der Waals surface area contributed by atoms with E-state index in [0.29, 0.717) is 11.1 Å². The Morgan fingerprint density at radius 3 is 2.45 bits per heavy atom. The fourth-order valence-corrected chi connectivity index (χ4v) is 0.991. The number of rotatable bonds is 1. The largest absolute Gasteiger partial charge is 0.508 e. The Hall–Kier alpha value is -1.09. The monoisotopic (exact) mass is 168 g/mol. The highest BCUT2D eigenvalue weighted by molar-refractivity contribution is 7.79. The third-order valence-corrected chi connectivity index (χ3v) is 1.73. The predicted molar refractivity (Wildman–Crippen MR) is 47.3 cm³/mol. The van der Waals surface area contributed by atoms with E-state index in [1.54, 1.807) is 13.0 Å². The van der Waals surface area contributed by atoms with E-state index in [-0.39, 0.29) is 11.5 Å². The van der Waals surface area contributed by atoms with Crippen LogP contribution in [-0.2, 0) is 0 Å². The van der Waals surface area contributed by atoms with Gasteiger partial charge in [0, 0.05) is 17.0 Å². The zero-order valence-corrected chi connectivity index (χ0v) is 6.85. The van der Waals surface area contributed by atoms with E-state index in [1.165, 1.54) is 11.4 Å². The van der Waals surface area contributed by atoms with Crippen molar-refractivity contribution in [2.75, 3.05) is 0 Å². The Balaban J connectivity index is 3.31. The third kappa shape index (κ3) is 1.49. The van der Waals surface area contributed by atoms with Gasteiger partial charge in [0.25, 0.3) is 0 Å². The SMILES string of the molecule is Cc1cc(C=S)c(O)cc1O. The summed E-state index contributed by atoms with van der Waals surface area (Å²) < 4.78 is 0. The van der Waals surface area contributed by atoms with Gasteiger partial charge in [-0.05, 0) is 18.6 Å².